The second kappa shape index (κ2) is 11.4. The number of hydrogen-bond donors (Lipinski definition) is 1. The van der Waals surface area contributed by atoms with E-state index in [1.165, 1.54) is 12.1 Å². The standard InChI is InChI=1S/C28H33FN6O3/c1-18(2)26(27-31-32-33-35(27)17-24-5-4-12-38-24)34(15-19-6-8-22(29)9-7-19)16-21-13-20-14-23(37-3)10-11-25(20)30-28(21)36/h6-11,13-14,18,24,26H,4-5,12,15-17H2,1-3H3,(H,30,36)/t24-,26-/m0/s1. The summed E-state index contributed by atoms with van der Waals surface area (Å²) in [5.41, 5.74) is 2.12. The van der Waals surface area contributed by atoms with Crippen LogP contribution in [-0.4, -0.2) is 49.9 Å². The number of fused-ring (bicyclic) bond motifs is 1. The Morgan fingerprint density at radius 2 is 2.00 bits per heavy atom. The zero-order chi connectivity index (χ0) is 26.6. The fraction of sp³-hybridized carbons (Fsp3) is 0.429. The van der Waals surface area contributed by atoms with E-state index in [0.717, 1.165) is 41.7 Å². The second-order valence-corrected chi connectivity index (χ2v) is 10.2. The zero-order valence-corrected chi connectivity index (χ0v) is 21.9. The molecule has 5 rings (SSSR count). The zero-order valence-electron chi connectivity index (χ0n) is 21.9. The highest BCUT2D eigenvalue weighted by atomic mass is 19.1. The molecule has 1 aliphatic rings. The monoisotopic (exact) mass is 520 g/mol. The van der Waals surface area contributed by atoms with Gasteiger partial charge in [0.2, 0.25) is 0 Å². The van der Waals surface area contributed by atoms with Gasteiger partial charge in [-0.1, -0.05) is 26.0 Å². The van der Waals surface area contributed by atoms with Crippen LogP contribution in [0.25, 0.3) is 10.9 Å². The number of aromatic amines is 1. The lowest BCUT2D eigenvalue weighted by Gasteiger charge is -2.33. The topological polar surface area (TPSA) is 98.2 Å². The van der Waals surface area contributed by atoms with Gasteiger partial charge in [0.1, 0.15) is 11.6 Å². The third kappa shape index (κ3) is 5.76. The number of tetrazole rings is 1. The molecular formula is C28H33FN6O3. The predicted octanol–water partition coefficient (Wildman–Crippen LogP) is 4.24. The molecule has 0 saturated carbocycles. The van der Waals surface area contributed by atoms with E-state index >= 15 is 0 Å². The predicted molar refractivity (Wildman–Crippen MR) is 141 cm³/mol. The van der Waals surface area contributed by atoms with Gasteiger partial charge >= 0.3 is 0 Å². The van der Waals surface area contributed by atoms with Crippen molar-refractivity contribution in [3.05, 3.63) is 81.7 Å². The molecule has 10 heteroatoms. The van der Waals surface area contributed by atoms with Crippen LogP contribution in [0.1, 0.15) is 49.7 Å². The average molecular weight is 521 g/mol. The first kappa shape index (κ1) is 26.0. The van der Waals surface area contributed by atoms with E-state index in [4.69, 9.17) is 9.47 Å². The molecule has 1 fully saturated rings. The fourth-order valence-electron chi connectivity index (χ4n) is 5.19. The summed E-state index contributed by atoms with van der Waals surface area (Å²) in [6.07, 6.45) is 2.08. The molecule has 0 spiro atoms. The van der Waals surface area contributed by atoms with Gasteiger partial charge in [0, 0.05) is 36.2 Å². The molecule has 1 aliphatic heterocycles. The number of H-pyrrole nitrogens is 1. The molecular weight excluding hydrogens is 487 g/mol. The minimum atomic E-state index is -0.291. The van der Waals surface area contributed by atoms with Crippen LogP contribution in [0.4, 0.5) is 4.39 Å². The fourth-order valence-corrected chi connectivity index (χ4v) is 5.19. The maximum Gasteiger partial charge on any atom is 0.252 e. The van der Waals surface area contributed by atoms with Crippen molar-refractivity contribution in [3.8, 4) is 5.75 Å². The van der Waals surface area contributed by atoms with Crippen molar-refractivity contribution in [2.45, 2.75) is 58.5 Å². The molecule has 0 unspecified atom stereocenters. The van der Waals surface area contributed by atoms with Crippen LogP contribution in [0.3, 0.4) is 0 Å². The largest absolute Gasteiger partial charge is 0.497 e. The number of nitrogens with one attached hydrogen (secondary N) is 1. The molecule has 9 nitrogen and oxygen atoms in total. The van der Waals surface area contributed by atoms with Crippen molar-refractivity contribution in [2.24, 2.45) is 5.92 Å². The van der Waals surface area contributed by atoms with Gasteiger partial charge in [-0.3, -0.25) is 9.69 Å². The number of rotatable bonds is 10. The molecule has 1 N–H and O–H groups in total. The molecule has 4 aromatic rings. The maximum atomic E-state index is 13.7. The van der Waals surface area contributed by atoms with Gasteiger partial charge in [-0.25, -0.2) is 9.07 Å². The summed E-state index contributed by atoms with van der Waals surface area (Å²) in [6, 6.07) is 13.7. The van der Waals surface area contributed by atoms with Crippen LogP contribution in [0.2, 0.25) is 0 Å². The van der Waals surface area contributed by atoms with Crippen LogP contribution >= 0.6 is 0 Å². The highest BCUT2D eigenvalue weighted by molar-refractivity contribution is 5.80. The molecule has 2 atom stereocenters. The Morgan fingerprint density at radius 3 is 2.71 bits per heavy atom. The van der Waals surface area contributed by atoms with Crippen molar-refractivity contribution in [1.29, 1.82) is 0 Å². The number of pyridine rings is 1. The van der Waals surface area contributed by atoms with E-state index in [1.54, 1.807) is 19.2 Å². The van der Waals surface area contributed by atoms with E-state index in [9.17, 15) is 9.18 Å². The van der Waals surface area contributed by atoms with E-state index in [0.29, 0.717) is 30.9 Å². The molecule has 200 valence electrons. The van der Waals surface area contributed by atoms with Crippen LogP contribution in [0, 0.1) is 11.7 Å². The molecule has 3 heterocycles. The molecule has 2 aromatic carbocycles. The van der Waals surface area contributed by atoms with Crippen LogP contribution in [0.15, 0.2) is 53.3 Å². The lowest BCUT2D eigenvalue weighted by Crippen LogP contribution is -2.36. The highest BCUT2D eigenvalue weighted by Gasteiger charge is 2.31. The Hall–Kier alpha value is -3.63. The first-order chi connectivity index (χ1) is 18.4. The van der Waals surface area contributed by atoms with Gasteiger partial charge in [0.05, 0.1) is 25.8 Å². The van der Waals surface area contributed by atoms with Crippen molar-refractivity contribution in [3.63, 3.8) is 0 Å². The molecule has 38 heavy (non-hydrogen) atoms. The number of hydrogen-bond acceptors (Lipinski definition) is 7. The molecule has 2 aromatic heterocycles. The van der Waals surface area contributed by atoms with Crippen molar-refractivity contribution in [1.82, 2.24) is 30.1 Å². The minimum Gasteiger partial charge on any atom is -0.497 e. The summed E-state index contributed by atoms with van der Waals surface area (Å²) in [5, 5.41) is 13.6. The Bertz CT molecular complexity index is 1430. The number of aromatic nitrogens is 5. The van der Waals surface area contributed by atoms with Crippen molar-refractivity contribution in [2.75, 3.05) is 13.7 Å². The quantitative estimate of drug-likeness (QED) is 0.334. The smallest absolute Gasteiger partial charge is 0.252 e. The number of nitrogens with zero attached hydrogens (tertiary/aromatic N) is 5. The molecule has 0 amide bonds. The average Bonchev–Trinajstić information content (AvgIpc) is 3.58. The maximum absolute atomic E-state index is 13.7. The van der Waals surface area contributed by atoms with E-state index < -0.39 is 0 Å². The van der Waals surface area contributed by atoms with Gasteiger partial charge < -0.3 is 14.5 Å². The molecule has 0 radical (unpaired) electrons. The van der Waals surface area contributed by atoms with Crippen LogP contribution in [-0.2, 0) is 24.4 Å². The summed E-state index contributed by atoms with van der Waals surface area (Å²) in [4.78, 5) is 18.4. The van der Waals surface area contributed by atoms with E-state index in [1.807, 2.05) is 28.9 Å². The van der Waals surface area contributed by atoms with E-state index in [-0.39, 0.29) is 29.4 Å². The Labute approximate surface area is 220 Å². The third-order valence-corrected chi connectivity index (χ3v) is 7.05. The van der Waals surface area contributed by atoms with Gasteiger partial charge in [-0.15, -0.1) is 5.10 Å². The minimum absolute atomic E-state index is 0.0777. The van der Waals surface area contributed by atoms with Gasteiger partial charge in [0.25, 0.3) is 5.56 Å². The number of halogens is 1. The SMILES string of the molecule is COc1ccc2[nH]c(=O)c(CN(Cc3ccc(F)cc3)[C@H](c3nnnn3C[C@@H]3CCCO3)C(C)C)cc2c1. The van der Waals surface area contributed by atoms with E-state index in [2.05, 4.69) is 39.3 Å². The Balaban J connectivity index is 1.53. The highest BCUT2D eigenvalue weighted by Crippen LogP contribution is 2.31. The third-order valence-electron chi connectivity index (χ3n) is 7.05. The second-order valence-electron chi connectivity index (χ2n) is 10.2. The lowest BCUT2D eigenvalue weighted by atomic mass is 9.99. The summed E-state index contributed by atoms with van der Waals surface area (Å²) in [5.74, 6) is 1.26. The van der Waals surface area contributed by atoms with Gasteiger partial charge in [-0.2, -0.15) is 0 Å². The van der Waals surface area contributed by atoms with Crippen molar-refractivity contribution >= 4 is 10.9 Å². The first-order valence-electron chi connectivity index (χ1n) is 13.0. The van der Waals surface area contributed by atoms with Crippen molar-refractivity contribution < 1.29 is 13.9 Å². The Morgan fingerprint density at radius 1 is 1.18 bits per heavy atom. The summed E-state index contributed by atoms with van der Waals surface area (Å²) < 4.78 is 26.7. The summed E-state index contributed by atoms with van der Waals surface area (Å²) in [7, 11) is 1.62. The summed E-state index contributed by atoms with van der Waals surface area (Å²) >= 11 is 0. The molecule has 1 saturated heterocycles. The summed E-state index contributed by atoms with van der Waals surface area (Å²) in [6.45, 7) is 6.38. The number of benzene rings is 2. The first-order valence-corrected chi connectivity index (χ1v) is 13.0. The van der Waals surface area contributed by atoms with Gasteiger partial charge in [-0.05, 0) is 71.1 Å². The normalized spacial score (nSPS) is 16.5. The van der Waals surface area contributed by atoms with Crippen LogP contribution < -0.4 is 10.3 Å². The molecule has 0 aliphatic carbocycles. The Kier molecular flexibility index (Phi) is 7.80. The van der Waals surface area contributed by atoms with Crippen LogP contribution in [0.5, 0.6) is 5.75 Å². The van der Waals surface area contributed by atoms with Gasteiger partial charge in [0.15, 0.2) is 5.82 Å². The number of methoxy groups -OCH3 is 1. The lowest BCUT2D eigenvalue weighted by molar-refractivity contribution is 0.0851. The number of ether oxygens (including phenoxy) is 2. The molecule has 0 bridgehead atoms.